The van der Waals surface area contributed by atoms with Gasteiger partial charge in [-0.15, -0.1) is 12.4 Å². The highest BCUT2D eigenvalue weighted by Gasteiger charge is 2.26. The lowest BCUT2D eigenvalue weighted by Gasteiger charge is -2.35. The van der Waals surface area contributed by atoms with Crippen molar-refractivity contribution in [3.8, 4) is 0 Å². The molecule has 6 nitrogen and oxygen atoms in total. The summed E-state index contributed by atoms with van der Waals surface area (Å²) in [4.78, 5) is 25.7. The second kappa shape index (κ2) is 8.74. The van der Waals surface area contributed by atoms with E-state index in [0.717, 1.165) is 24.2 Å². The molecule has 1 aliphatic heterocycles. The van der Waals surface area contributed by atoms with Gasteiger partial charge in [-0.2, -0.15) is 0 Å². The van der Waals surface area contributed by atoms with Crippen molar-refractivity contribution in [3.63, 3.8) is 0 Å². The van der Waals surface area contributed by atoms with Crippen LogP contribution in [0.5, 0.6) is 0 Å². The minimum Gasteiger partial charge on any atom is -0.352 e. The number of rotatable bonds is 4. The maximum absolute atomic E-state index is 12.6. The van der Waals surface area contributed by atoms with Crippen LogP contribution in [0.3, 0.4) is 0 Å². The highest BCUT2D eigenvalue weighted by atomic mass is 35.5. The number of piperazine rings is 1. The predicted octanol–water partition coefficient (Wildman–Crippen LogP) is 1.34. The fourth-order valence-corrected chi connectivity index (χ4v) is 2.81. The number of aryl methyl sites for hydroxylation is 1. The van der Waals surface area contributed by atoms with Gasteiger partial charge >= 0.3 is 6.03 Å². The smallest absolute Gasteiger partial charge is 0.312 e. The number of carbonyl (C=O) groups is 2. The number of urea groups is 1. The fourth-order valence-electron chi connectivity index (χ4n) is 2.81. The number of primary amides is 1. The molecule has 2 rings (SSSR count). The van der Waals surface area contributed by atoms with E-state index in [1.54, 1.807) is 0 Å². The van der Waals surface area contributed by atoms with Gasteiger partial charge in [-0.3, -0.25) is 4.79 Å². The molecule has 1 aromatic rings. The molecule has 1 aliphatic rings. The number of benzene rings is 1. The molecule has 0 aliphatic carbocycles. The Morgan fingerprint density at radius 1 is 1.48 bits per heavy atom. The zero-order chi connectivity index (χ0) is 16.1. The Morgan fingerprint density at radius 3 is 2.83 bits per heavy atom. The lowest BCUT2D eigenvalue weighted by Crippen LogP contribution is -2.53. The molecule has 2 atom stereocenters. The topological polar surface area (TPSA) is 87.5 Å². The summed E-state index contributed by atoms with van der Waals surface area (Å²) in [6.07, 6.45) is 0.219. The van der Waals surface area contributed by atoms with Gasteiger partial charge in [-0.25, -0.2) is 4.79 Å². The van der Waals surface area contributed by atoms with Gasteiger partial charge in [0.2, 0.25) is 5.91 Å². The van der Waals surface area contributed by atoms with Crippen LogP contribution in [0.4, 0.5) is 4.79 Å². The Bertz CT molecular complexity index is 553. The first-order valence-electron chi connectivity index (χ1n) is 7.60. The molecular formula is C16H25ClN4O2. The van der Waals surface area contributed by atoms with Gasteiger partial charge in [0.1, 0.15) is 0 Å². The van der Waals surface area contributed by atoms with E-state index in [4.69, 9.17) is 5.73 Å². The molecule has 0 radical (unpaired) electrons. The normalized spacial score (nSPS) is 18.7. The van der Waals surface area contributed by atoms with Crippen molar-refractivity contribution in [3.05, 3.63) is 35.4 Å². The number of nitrogens with one attached hydrogen (secondary N) is 2. The second-order valence-electron chi connectivity index (χ2n) is 5.82. The summed E-state index contributed by atoms with van der Waals surface area (Å²) in [5.74, 6) is 0.0363. The largest absolute Gasteiger partial charge is 0.352 e. The number of hydrogen-bond donors (Lipinski definition) is 3. The van der Waals surface area contributed by atoms with Crippen molar-refractivity contribution in [2.24, 2.45) is 5.73 Å². The zero-order valence-electron chi connectivity index (χ0n) is 13.5. The van der Waals surface area contributed by atoms with Crippen LogP contribution >= 0.6 is 12.4 Å². The molecule has 1 fully saturated rings. The number of carbonyl (C=O) groups excluding carboxylic acids is 2. The maximum Gasteiger partial charge on any atom is 0.312 e. The molecule has 128 valence electrons. The van der Waals surface area contributed by atoms with Crippen LogP contribution in [-0.2, 0) is 4.79 Å². The summed E-state index contributed by atoms with van der Waals surface area (Å²) in [6.45, 7) is 6.29. The minimum absolute atomic E-state index is 0. The summed E-state index contributed by atoms with van der Waals surface area (Å²) in [5.41, 5.74) is 7.24. The quantitative estimate of drug-likeness (QED) is 0.772. The van der Waals surface area contributed by atoms with Crippen molar-refractivity contribution >= 4 is 24.3 Å². The molecule has 23 heavy (non-hydrogen) atoms. The van der Waals surface area contributed by atoms with Crippen molar-refractivity contribution in [2.45, 2.75) is 32.4 Å². The van der Waals surface area contributed by atoms with Crippen molar-refractivity contribution in [2.75, 3.05) is 19.6 Å². The maximum atomic E-state index is 12.6. The minimum atomic E-state index is -0.618. The van der Waals surface area contributed by atoms with Gasteiger partial charge in [0.05, 0.1) is 12.5 Å². The Labute approximate surface area is 143 Å². The molecule has 1 heterocycles. The van der Waals surface area contributed by atoms with Crippen LogP contribution in [0.1, 0.15) is 30.5 Å². The predicted molar refractivity (Wildman–Crippen MR) is 92.5 cm³/mol. The number of hydrogen-bond acceptors (Lipinski definition) is 3. The highest BCUT2D eigenvalue weighted by molar-refractivity contribution is 5.85. The van der Waals surface area contributed by atoms with Gasteiger partial charge in [0.25, 0.3) is 0 Å². The number of nitrogens with zero attached hydrogens (tertiary/aromatic N) is 1. The summed E-state index contributed by atoms with van der Waals surface area (Å²) >= 11 is 0. The molecular weight excluding hydrogens is 316 g/mol. The summed E-state index contributed by atoms with van der Waals surface area (Å²) in [7, 11) is 0. The number of amides is 3. The van der Waals surface area contributed by atoms with Crippen molar-refractivity contribution in [1.82, 2.24) is 15.5 Å². The fraction of sp³-hybridized carbons (Fsp3) is 0.500. The van der Waals surface area contributed by atoms with Gasteiger partial charge in [0, 0.05) is 25.7 Å². The van der Waals surface area contributed by atoms with E-state index in [2.05, 4.69) is 10.6 Å². The van der Waals surface area contributed by atoms with Gasteiger partial charge in [0.15, 0.2) is 0 Å². The van der Waals surface area contributed by atoms with E-state index in [9.17, 15) is 9.59 Å². The van der Waals surface area contributed by atoms with E-state index in [0.29, 0.717) is 6.54 Å². The first-order valence-corrected chi connectivity index (χ1v) is 7.60. The Hall–Kier alpha value is -1.79. The summed E-state index contributed by atoms with van der Waals surface area (Å²) < 4.78 is 0. The van der Waals surface area contributed by atoms with E-state index in [1.165, 1.54) is 0 Å². The number of halogens is 1. The zero-order valence-corrected chi connectivity index (χ0v) is 14.4. The standard InChI is InChI=1S/C16H24N4O2.ClH/c1-11-4-3-5-13(8-11)14(19-16(17)22)9-15(21)20-7-6-18-10-12(20)2;/h3-5,8,12,14,18H,6-7,9-10H2,1-2H3,(H3,17,19,22);1H/t12-,14?;/m0./s1. The van der Waals surface area contributed by atoms with Crippen LogP contribution in [0.25, 0.3) is 0 Å². The summed E-state index contributed by atoms with van der Waals surface area (Å²) in [5, 5.41) is 5.94. The molecule has 1 unspecified atom stereocenters. The van der Waals surface area contributed by atoms with Gasteiger partial charge in [-0.05, 0) is 19.4 Å². The monoisotopic (exact) mass is 340 g/mol. The average Bonchev–Trinajstić information content (AvgIpc) is 2.46. The molecule has 1 saturated heterocycles. The van der Waals surface area contributed by atoms with E-state index in [1.807, 2.05) is 43.0 Å². The average molecular weight is 341 g/mol. The van der Waals surface area contributed by atoms with Crippen LogP contribution in [0.2, 0.25) is 0 Å². The molecule has 0 aromatic heterocycles. The molecule has 7 heteroatoms. The van der Waals surface area contributed by atoms with Crippen LogP contribution in [0, 0.1) is 6.92 Å². The molecule has 0 saturated carbocycles. The third-order valence-corrected chi connectivity index (χ3v) is 3.96. The van der Waals surface area contributed by atoms with Crippen molar-refractivity contribution < 1.29 is 9.59 Å². The van der Waals surface area contributed by atoms with E-state index >= 15 is 0 Å². The van der Waals surface area contributed by atoms with E-state index < -0.39 is 12.1 Å². The molecule has 3 amide bonds. The Morgan fingerprint density at radius 2 is 2.22 bits per heavy atom. The lowest BCUT2D eigenvalue weighted by molar-refractivity contribution is -0.134. The van der Waals surface area contributed by atoms with E-state index in [-0.39, 0.29) is 30.8 Å². The summed E-state index contributed by atoms with van der Waals surface area (Å²) in [6, 6.07) is 6.91. The highest BCUT2D eigenvalue weighted by Crippen LogP contribution is 2.20. The van der Waals surface area contributed by atoms with Gasteiger partial charge in [-0.1, -0.05) is 29.8 Å². The molecule has 1 aromatic carbocycles. The van der Waals surface area contributed by atoms with Gasteiger partial charge < -0.3 is 21.3 Å². The Balaban J connectivity index is 0.00000264. The van der Waals surface area contributed by atoms with Crippen LogP contribution < -0.4 is 16.4 Å². The second-order valence-corrected chi connectivity index (χ2v) is 5.82. The third-order valence-electron chi connectivity index (χ3n) is 3.96. The third kappa shape index (κ3) is 5.41. The van der Waals surface area contributed by atoms with Crippen molar-refractivity contribution in [1.29, 1.82) is 0 Å². The first-order chi connectivity index (χ1) is 10.5. The Kier molecular flexibility index (Phi) is 7.32. The molecule has 0 bridgehead atoms. The number of nitrogens with two attached hydrogens (primary N) is 1. The molecule has 0 spiro atoms. The van der Waals surface area contributed by atoms with Crippen LogP contribution in [-0.4, -0.2) is 42.5 Å². The SMILES string of the molecule is Cc1cccc(C(CC(=O)N2CCNC[C@@H]2C)NC(N)=O)c1.Cl. The molecule has 4 N–H and O–H groups in total. The lowest BCUT2D eigenvalue weighted by atomic mass is 10.0. The first kappa shape index (κ1) is 19.3. The van der Waals surface area contributed by atoms with Crippen LogP contribution in [0.15, 0.2) is 24.3 Å².